The smallest absolute Gasteiger partial charge is 0.224 e. The Hall–Kier alpha value is -2.18. The van der Waals surface area contributed by atoms with Crippen molar-refractivity contribution in [2.24, 2.45) is 0 Å². The SMILES string of the molecule is O=C(CCC(=O)c1ccc(Cl)cc1)Nc1cnn([C@H]2CCOC2)c1. The highest BCUT2D eigenvalue weighted by atomic mass is 35.5. The lowest BCUT2D eigenvalue weighted by Crippen LogP contribution is -2.13. The molecule has 2 heterocycles. The Morgan fingerprint density at radius 2 is 2.08 bits per heavy atom. The molecule has 24 heavy (non-hydrogen) atoms. The number of rotatable bonds is 6. The largest absolute Gasteiger partial charge is 0.379 e. The molecule has 0 aliphatic carbocycles. The van der Waals surface area contributed by atoms with Gasteiger partial charge in [-0.15, -0.1) is 0 Å². The molecule has 1 fully saturated rings. The molecule has 0 unspecified atom stereocenters. The molecule has 1 aliphatic rings. The summed E-state index contributed by atoms with van der Waals surface area (Å²) in [5, 5.41) is 7.59. The van der Waals surface area contributed by atoms with Crippen LogP contribution in [0.2, 0.25) is 5.02 Å². The van der Waals surface area contributed by atoms with E-state index in [1.807, 2.05) is 4.68 Å². The molecule has 1 atom stereocenters. The normalized spacial score (nSPS) is 17.0. The minimum Gasteiger partial charge on any atom is -0.379 e. The molecular formula is C17H18ClN3O3. The van der Waals surface area contributed by atoms with Gasteiger partial charge in [-0.25, -0.2) is 0 Å². The molecule has 7 heteroatoms. The average molecular weight is 348 g/mol. The second kappa shape index (κ2) is 7.59. The standard InChI is InChI=1S/C17H18ClN3O3/c18-13-3-1-12(2-4-13)16(22)5-6-17(23)20-14-9-19-21(10-14)15-7-8-24-11-15/h1-4,9-10,15H,5-8,11H2,(H,20,23)/t15-/m0/s1. The topological polar surface area (TPSA) is 73.2 Å². The highest BCUT2D eigenvalue weighted by Gasteiger charge is 2.18. The number of amides is 1. The van der Waals surface area contributed by atoms with Crippen molar-refractivity contribution in [3.63, 3.8) is 0 Å². The van der Waals surface area contributed by atoms with Crippen molar-refractivity contribution in [1.29, 1.82) is 0 Å². The number of carbonyl (C=O) groups is 2. The van der Waals surface area contributed by atoms with Crippen LogP contribution in [0.3, 0.4) is 0 Å². The Labute approximate surface area is 144 Å². The number of aromatic nitrogens is 2. The number of nitrogens with zero attached hydrogens (tertiary/aromatic N) is 2. The summed E-state index contributed by atoms with van der Waals surface area (Å²) in [6.07, 6.45) is 4.59. The van der Waals surface area contributed by atoms with E-state index in [-0.39, 0.29) is 30.6 Å². The Kier molecular flexibility index (Phi) is 5.27. The van der Waals surface area contributed by atoms with Crippen molar-refractivity contribution in [3.8, 4) is 0 Å². The predicted molar refractivity (Wildman–Crippen MR) is 90.3 cm³/mol. The van der Waals surface area contributed by atoms with Crippen LogP contribution in [-0.2, 0) is 9.53 Å². The van der Waals surface area contributed by atoms with Gasteiger partial charge in [0.05, 0.1) is 24.5 Å². The third kappa shape index (κ3) is 4.21. The molecule has 6 nitrogen and oxygen atoms in total. The summed E-state index contributed by atoms with van der Waals surface area (Å²) in [6.45, 7) is 1.38. The van der Waals surface area contributed by atoms with Crippen molar-refractivity contribution >= 4 is 29.0 Å². The molecule has 1 N–H and O–H groups in total. The first-order chi connectivity index (χ1) is 11.6. The molecule has 2 aromatic rings. The van der Waals surface area contributed by atoms with Crippen molar-refractivity contribution in [3.05, 3.63) is 47.2 Å². The fraction of sp³-hybridized carbons (Fsp3) is 0.353. The number of ketones is 1. The molecule has 0 radical (unpaired) electrons. The van der Waals surface area contributed by atoms with Crippen molar-refractivity contribution in [2.45, 2.75) is 25.3 Å². The predicted octanol–water partition coefficient (Wildman–Crippen LogP) is 3.10. The maximum atomic E-state index is 12.0. The summed E-state index contributed by atoms with van der Waals surface area (Å²) in [7, 11) is 0. The highest BCUT2D eigenvalue weighted by Crippen LogP contribution is 2.20. The van der Waals surface area contributed by atoms with Gasteiger partial charge < -0.3 is 10.1 Å². The summed E-state index contributed by atoms with van der Waals surface area (Å²) < 4.78 is 7.13. The molecule has 0 bridgehead atoms. The maximum Gasteiger partial charge on any atom is 0.224 e. The molecular weight excluding hydrogens is 330 g/mol. The molecule has 1 saturated heterocycles. The Bertz CT molecular complexity index is 721. The lowest BCUT2D eigenvalue weighted by molar-refractivity contribution is -0.116. The number of carbonyl (C=O) groups excluding carboxylic acids is 2. The first-order valence-electron chi connectivity index (χ1n) is 7.82. The number of ether oxygens (including phenoxy) is 1. The number of halogens is 1. The fourth-order valence-corrected chi connectivity index (χ4v) is 2.69. The summed E-state index contributed by atoms with van der Waals surface area (Å²) in [4.78, 5) is 24.0. The lowest BCUT2D eigenvalue weighted by Gasteiger charge is -2.07. The van der Waals surface area contributed by atoms with E-state index in [1.54, 1.807) is 36.7 Å². The van der Waals surface area contributed by atoms with Gasteiger partial charge in [-0.05, 0) is 30.7 Å². The van der Waals surface area contributed by atoms with Crippen LogP contribution in [0.25, 0.3) is 0 Å². The minimum absolute atomic E-state index is 0.0828. The van der Waals surface area contributed by atoms with Crippen molar-refractivity contribution in [1.82, 2.24) is 9.78 Å². The maximum absolute atomic E-state index is 12.0. The van der Waals surface area contributed by atoms with Crippen LogP contribution in [0, 0.1) is 0 Å². The van der Waals surface area contributed by atoms with E-state index in [0.29, 0.717) is 22.9 Å². The zero-order valence-electron chi connectivity index (χ0n) is 13.1. The van der Waals surface area contributed by atoms with Crippen LogP contribution in [0.1, 0.15) is 35.7 Å². The van der Waals surface area contributed by atoms with Gasteiger partial charge in [-0.2, -0.15) is 5.10 Å². The Morgan fingerprint density at radius 1 is 1.29 bits per heavy atom. The first kappa shape index (κ1) is 16.7. The molecule has 0 saturated carbocycles. The molecule has 1 aromatic carbocycles. The van der Waals surface area contributed by atoms with Gasteiger partial charge in [0.25, 0.3) is 0 Å². The number of nitrogens with one attached hydrogen (secondary N) is 1. The molecule has 3 rings (SSSR count). The van der Waals surface area contributed by atoms with E-state index < -0.39 is 0 Å². The van der Waals surface area contributed by atoms with Crippen LogP contribution >= 0.6 is 11.6 Å². The quantitative estimate of drug-likeness (QED) is 0.815. The van der Waals surface area contributed by atoms with Crippen LogP contribution in [0.4, 0.5) is 5.69 Å². The van der Waals surface area contributed by atoms with E-state index in [0.717, 1.165) is 13.0 Å². The van der Waals surface area contributed by atoms with Crippen LogP contribution < -0.4 is 5.32 Å². The van der Waals surface area contributed by atoms with Crippen LogP contribution in [-0.4, -0.2) is 34.7 Å². The van der Waals surface area contributed by atoms with Gasteiger partial charge in [-0.3, -0.25) is 14.3 Å². The van der Waals surface area contributed by atoms with Gasteiger partial charge in [0.1, 0.15) is 0 Å². The Morgan fingerprint density at radius 3 is 2.79 bits per heavy atom. The molecule has 0 spiro atoms. The van der Waals surface area contributed by atoms with Gasteiger partial charge in [0.15, 0.2) is 5.78 Å². The van der Waals surface area contributed by atoms with E-state index in [4.69, 9.17) is 16.3 Å². The minimum atomic E-state index is -0.209. The van der Waals surface area contributed by atoms with Gasteiger partial charge >= 0.3 is 0 Å². The second-order valence-corrected chi connectivity index (χ2v) is 6.14. The number of hydrogen-bond acceptors (Lipinski definition) is 4. The zero-order chi connectivity index (χ0) is 16.9. The Balaban J connectivity index is 1.48. The highest BCUT2D eigenvalue weighted by molar-refractivity contribution is 6.30. The van der Waals surface area contributed by atoms with E-state index in [2.05, 4.69) is 10.4 Å². The third-order valence-corrected chi connectivity index (χ3v) is 4.16. The zero-order valence-corrected chi connectivity index (χ0v) is 13.8. The van der Waals surface area contributed by atoms with Crippen LogP contribution in [0.5, 0.6) is 0 Å². The van der Waals surface area contributed by atoms with Crippen molar-refractivity contribution < 1.29 is 14.3 Å². The average Bonchev–Trinajstić information content (AvgIpc) is 3.24. The summed E-state index contributed by atoms with van der Waals surface area (Å²) in [5.41, 5.74) is 1.19. The number of Topliss-reactive ketones (excluding diaryl/α,β-unsaturated/α-hetero) is 1. The number of hydrogen-bond donors (Lipinski definition) is 1. The number of benzene rings is 1. The lowest BCUT2D eigenvalue weighted by atomic mass is 10.1. The molecule has 1 aliphatic heterocycles. The van der Waals surface area contributed by atoms with Crippen LogP contribution in [0.15, 0.2) is 36.7 Å². The van der Waals surface area contributed by atoms with Gasteiger partial charge in [-0.1, -0.05) is 11.6 Å². The summed E-state index contributed by atoms with van der Waals surface area (Å²) in [6, 6.07) is 6.88. The molecule has 1 aromatic heterocycles. The van der Waals surface area contributed by atoms with E-state index in [1.165, 1.54) is 0 Å². The van der Waals surface area contributed by atoms with E-state index >= 15 is 0 Å². The monoisotopic (exact) mass is 347 g/mol. The molecule has 1 amide bonds. The van der Waals surface area contributed by atoms with Gasteiger partial charge in [0.2, 0.25) is 5.91 Å². The summed E-state index contributed by atoms with van der Waals surface area (Å²) in [5.74, 6) is -0.292. The molecule has 126 valence electrons. The fourth-order valence-electron chi connectivity index (χ4n) is 2.56. The van der Waals surface area contributed by atoms with Crippen molar-refractivity contribution in [2.75, 3.05) is 18.5 Å². The summed E-state index contributed by atoms with van der Waals surface area (Å²) >= 11 is 5.79. The van der Waals surface area contributed by atoms with E-state index in [9.17, 15) is 9.59 Å². The second-order valence-electron chi connectivity index (χ2n) is 5.70. The first-order valence-corrected chi connectivity index (χ1v) is 8.20. The third-order valence-electron chi connectivity index (χ3n) is 3.91. The number of anilines is 1. The van der Waals surface area contributed by atoms with Gasteiger partial charge in [0, 0.05) is 36.2 Å².